The summed E-state index contributed by atoms with van der Waals surface area (Å²) in [7, 11) is 0. The molecule has 0 saturated carbocycles. The number of guanidine groups is 1. The number of aromatic nitrogens is 4. The number of benzene rings is 4. The molecule has 0 saturated heterocycles. The Morgan fingerprint density at radius 3 is 1.35 bits per heavy atom. The molecule has 0 aliphatic rings. The number of aromatic amines is 3. The lowest BCUT2D eigenvalue weighted by molar-refractivity contribution is -0.136. The fourth-order valence-electron chi connectivity index (χ4n) is 11.4. The van der Waals surface area contributed by atoms with Crippen molar-refractivity contribution >= 4 is 80.9 Å². The lowest BCUT2D eigenvalue weighted by atomic mass is 9.96. The summed E-state index contributed by atoms with van der Waals surface area (Å²) in [5.41, 5.74) is 39.7. The third-order valence-electron chi connectivity index (χ3n) is 17.2. The number of carbonyl (C=O) groups is 9. The average molecular weight is 1350 g/mol. The quantitative estimate of drug-likeness (QED) is 0.0144. The molecule has 3 aromatic heterocycles. The molecular formula is C70H95N19O9. The number of primary amides is 1. The lowest BCUT2D eigenvalue weighted by Crippen LogP contribution is -2.62. The van der Waals surface area contributed by atoms with Crippen LogP contribution in [0.15, 0.2) is 139 Å². The summed E-state index contributed by atoms with van der Waals surface area (Å²) in [6, 6.07) is 21.2. The van der Waals surface area contributed by atoms with Crippen molar-refractivity contribution in [3.05, 3.63) is 162 Å². The molecule has 28 nitrogen and oxygen atoms in total. The number of para-hydroxylation sites is 2. The Morgan fingerprint density at radius 2 is 0.878 bits per heavy atom. The van der Waals surface area contributed by atoms with Crippen LogP contribution in [0.1, 0.15) is 99.6 Å². The average Bonchev–Trinajstić information content (AvgIpc) is 1.63. The highest BCUT2D eigenvalue weighted by atomic mass is 16.2. The normalized spacial score (nSPS) is 14.3. The molecule has 9 amide bonds. The molecule has 524 valence electrons. The summed E-state index contributed by atoms with van der Waals surface area (Å²) < 4.78 is 0. The van der Waals surface area contributed by atoms with E-state index in [0.717, 1.165) is 27.4 Å². The number of nitrogens with two attached hydrogens (primary N) is 6. The molecule has 28 heteroatoms. The van der Waals surface area contributed by atoms with E-state index in [9.17, 15) is 28.8 Å². The Morgan fingerprint density at radius 1 is 0.459 bits per heavy atom. The number of fused-ring (bicyclic) bond motifs is 2. The molecular weight excluding hydrogens is 1250 g/mol. The Balaban J connectivity index is 1.12. The SMILES string of the molecule is CC[C@H](C)[C@H](NC(=O)[C@@H](Cc1ccccc1)NC(=O)[C@@H](Cc1c[nH]c2ccccc12)NC(=O)[C@@H](N)CCCN=C(N)N)C(=O)N[C@H](Cc1ccccc1)C(=O)N[C@@H](Cc1cnc[nH]1)C(=O)N[C@@H](CCCCN)C(=O)N[C@@H](CCCCN)C(=O)N[C@@H](Cc1c[nH]c2ccccc12)C(N)=O. The van der Waals surface area contributed by atoms with Gasteiger partial charge >= 0.3 is 0 Å². The van der Waals surface area contributed by atoms with E-state index in [0.29, 0.717) is 67.5 Å². The zero-order valence-corrected chi connectivity index (χ0v) is 55.5. The minimum atomic E-state index is -1.42. The van der Waals surface area contributed by atoms with Crippen molar-refractivity contribution in [2.45, 2.75) is 158 Å². The summed E-state index contributed by atoms with van der Waals surface area (Å²) >= 11 is 0. The van der Waals surface area contributed by atoms with Gasteiger partial charge in [-0.15, -0.1) is 0 Å². The van der Waals surface area contributed by atoms with Crippen molar-refractivity contribution < 1.29 is 43.2 Å². The molecule has 7 aromatic rings. The van der Waals surface area contributed by atoms with Gasteiger partial charge in [0, 0.05) is 84.7 Å². The van der Waals surface area contributed by atoms with E-state index in [4.69, 9.17) is 34.4 Å². The Labute approximate surface area is 569 Å². The fourth-order valence-corrected chi connectivity index (χ4v) is 11.4. The topological polar surface area (TPSA) is 479 Å². The van der Waals surface area contributed by atoms with Gasteiger partial charge in [0.25, 0.3) is 0 Å². The summed E-state index contributed by atoms with van der Waals surface area (Å²) in [6.45, 7) is 4.37. The van der Waals surface area contributed by atoms with Crippen molar-refractivity contribution in [1.29, 1.82) is 0 Å². The molecule has 4 aromatic carbocycles. The smallest absolute Gasteiger partial charge is 0.243 e. The van der Waals surface area contributed by atoms with E-state index in [1.165, 1.54) is 12.5 Å². The van der Waals surface area contributed by atoms with E-state index < -0.39 is 113 Å². The number of H-pyrrole nitrogens is 3. The highest BCUT2D eigenvalue weighted by Crippen LogP contribution is 2.22. The summed E-state index contributed by atoms with van der Waals surface area (Å²) in [5, 5.41) is 24.3. The predicted octanol–water partition coefficient (Wildman–Crippen LogP) is 0.934. The van der Waals surface area contributed by atoms with E-state index >= 15 is 14.4 Å². The third kappa shape index (κ3) is 22.9. The van der Waals surface area contributed by atoms with Crippen molar-refractivity contribution in [1.82, 2.24) is 62.5 Å². The number of unbranched alkanes of at least 4 members (excludes halogenated alkanes) is 2. The van der Waals surface area contributed by atoms with Gasteiger partial charge in [0.1, 0.15) is 48.3 Å². The van der Waals surface area contributed by atoms with Gasteiger partial charge < -0.3 is 91.9 Å². The van der Waals surface area contributed by atoms with E-state index in [1.54, 1.807) is 80.0 Å². The summed E-state index contributed by atoms with van der Waals surface area (Å²) in [6.07, 6.45) is 8.93. The molecule has 98 heavy (non-hydrogen) atoms. The molecule has 0 fully saturated rings. The summed E-state index contributed by atoms with van der Waals surface area (Å²) in [5.74, 6) is -7.35. The van der Waals surface area contributed by atoms with Crippen LogP contribution >= 0.6 is 0 Å². The standard InChI is InChI=1S/C70H95N19O9/c1-3-42(2)60(89-68(97)57(34-44-21-8-5-9-22-44)86-66(95)58(36-46-39-80-52-27-13-11-24-49(46)52)85-62(91)50(73)25-18-32-78-70(75)76)69(98)88-56(33-43-19-6-4-7-20-43)65(94)87-59(37-47-40-77-41-81-47)67(96)83-53(28-14-16-30-71)63(92)82-54(29-15-17-31-72)64(93)84-55(61(74)90)35-45-38-79-51-26-12-10-23-48(45)51/h4-13,19-24,26-27,38-42,50,53-60,79-80H,3,14-18,25,28-37,71-73H2,1-2H3,(H2,74,90)(H,77,81)(H,82,92)(H,83,96)(H,84,93)(H,85,91)(H,86,95)(H,87,94)(H,88,98)(H,89,97)(H4,75,76,78)/t42-,50-,53-,54-,55-,56+,57+,58+,59-,60-/m0/s1. The molecule has 10 atom stereocenters. The Hall–Kier alpha value is -10.5. The van der Waals surface area contributed by atoms with Crippen LogP contribution in [0, 0.1) is 5.92 Å². The van der Waals surface area contributed by atoms with E-state index in [2.05, 4.69) is 67.5 Å². The minimum absolute atomic E-state index is 0.00793. The monoisotopic (exact) mass is 1350 g/mol. The second kappa shape index (κ2) is 38.3. The van der Waals surface area contributed by atoms with Crippen LogP contribution in [0.3, 0.4) is 0 Å². The van der Waals surface area contributed by atoms with Crippen LogP contribution in [0.4, 0.5) is 0 Å². The molecule has 0 aliphatic heterocycles. The Bertz CT molecular complexity index is 3760. The minimum Gasteiger partial charge on any atom is -0.370 e. The Kier molecular flexibility index (Phi) is 29.3. The van der Waals surface area contributed by atoms with Crippen molar-refractivity contribution in [3.63, 3.8) is 0 Å². The van der Waals surface area contributed by atoms with Crippen LogP contribution < -0.4 is 76.9 Å². The molecule has 0 unspecified atom stereocenters. The van der Waals surface area contributed by atoms with Crippen LogP contribution in [-0.2, 0) is 75.3 Å². The number of amides is 9. The molecule has 7 rings (SSSR count). The fraction of sp³-hybridized carbons (Fsp3) is 0.414. The maximum Gasteiger partial charge on any atom is 0.243 e. The number of hydrogen-bond acceptors (Lipinski definition) is 14. The van der Waals surface area contributed by atoms with Gasteiger partial charge in [-0.05, 0) is 105 Å². The van der Waals surface area contributed by atoms with Gasteiger partial charge in [0.15, 0.2) is 5.96 Å². The zero-order valence-electron chi connectivity index (χ0n) is 55.5. The second-order valence-corrected chi connectivity index (χ2v) is 24.6. The van der Waals surface area contributed by atoms with Crippen LogP contribution in [0.2, 0.25) is 0 Å². The number of hydrogen-bond donors (Lipinski definition) is 17. The second-order valence-electron chi connectivity index (χ2n) is 24.6. The molecule has 0 radical (unpaired) electrons. The van der Waals surface area contributed by atoms with Crippen molar-refractivity contribution in [3.8, 4) is 0 Å². The van der Waals surface area contributed by atoms with Crippen LogP contribution in [0.25, 0.3) is 21.8 Å². The van der Waals surface area contributed by atoms with Gasteiger partial charge in [-0.2, -0.15) is 0 Å². The van der Waals surface area contributed by atoms with Crippen molar-refractivity contribution in [2.75, 3.05) is 19.6 Å². The zero-order chi connectivity index (χ0) is 70.5. The van der Waals surface area contributed by atoms with E-state index in [-0.39, 0.29) is 70.4 Å². The number of carbonyl (C=O) groups excluding carboxylic acids is 9. The molecule has 23 N–H and O–H groups in total. The first-order chi connectivity index (χ1) is 47.2. The van der Waals surface area contributed by atoms with Crippen molar-refractivity contribution in [2.24, 2.45) is 45.3 Å². The molecule has 0 aliphatic carbocycles. The predicted molar refractivity (Wildman–Crippen MR) is 374 cm³/mol. The number of nitrogens with zero attached hydrogens (tertiary/aromatic N) is 2. The third-order valence-corrected chi connectivity index (χ3v) is 17.2. The summed E-state index contributed by atoms with van der Waals surface area (Å²) in [4.78, 5) is 148. The largest absolute Gasteiger partial charge is 0.370 e. The maximum absolute atomic E-state index is 15.1. The van der Waals surface area contributed by atoms with Gasteiger partial charge in [-0.3, -0.25) is 48.1 Å². The first kappa shape index (κ1) is 74.9. The highest BCUT2D eigenvalue weighted by Gasteiger charge is 2.37. The highest BCUT2D eigenvalue weighted by molar-refractivity contribution is 5.99. The first-order valence-corrected chi connectivity index (χ1v) is 33.3. The van der Waals surface area contributed by atoms with Crippen LogP contribution in [-0.4, -0.2) is 153 Å². The molecule has 0 spiro atoms. The van der Waals surface area contributed by atoms with Gasteiger partial charge in [-0.25, -0.2) is 4.98 Å². The van der Waals surface area contributed by atoms with Gasteiger partial charge in [0.05, 0.1) is 12.4 Å². The maximum atomic E-state index is 15.1. The number of aliphatic imine (C=N–C) groups is 1. The number of rotatable bonds is 41. The lowest BCUT2D eigenvalue weighted by Gasteiger charge is -2.30. The van der Waals surface area contributed by atoms with Gasteiger partial charge in [-0.1, -0.05) is 117 Å². The first-order valence-electron chi connectivity index (χ1n) is 33.3. The van der Waals surface area contributed by atoms with E-state index in [1.807, 2.05) is 55.5 Å². The molecule has 3 heterocycles. The number of nitrogens with one attached hydrogen (secondary N) is 11. The van der Waals surface area contributed by atoms with Gasteiger partial charge in [0.2, 0.25) is 53.2 Å². The number of imidazole rings is 1. The molecule has 0 bridgehead atoms. The van der Waals surface area contributed by atoms with Crippen LogP contribution in [0.5, 0.6) is 0 Å².